The summed E-state index contributed by atoms with van der Waals surface area (Å²) in [4.78, 5) is 18.4. The highest BCUT2D eigenvalue weighted by Gasteiger charge is 2.33. The van der Waals surface area contributed by atoms with Crippen molar-refractivity contribution in [1.82, 2.24) is 20.4 Å². The van der Waals surface area contributed by atoms with Gasteiger partial charge in [0.05, 0.1) is 18.7 Å². The molecule has 1 fully saturated rings. The van der Waals surface area contributed by atoms with Crippen molar-refractivity contribution in [2.45, 2.75) is 12.5 Å². The Kier molecular flexibility index (Phi) is 4.30. The van der Waals surface area contributed by atoms with Crippen molar-refractivity contribution in [3.63, 3.8) is 0 Å². The van der Waals surface area contributed by atoms with Gasteiger partial charge in [0.1, 0.15) is 0 Å². The maximum absolute atomic E-state index is 12.0. The minimum atomic E-state index is 0.0177. The van der Waals surface area contributed by atoms with Gasteiger partial charge in [0.2, 0.25) is 17.6 Å². The molecule has 1 aromatic carbocycles. The molecule has 0 aliphatic carbocycles. The maximum atomic E-state index is 12.0. The molecular weight excluding hydrogens is 320 g/mol. The number of likely N-dealkylation sites (tertiary alicyclic amines) is 1. The van der Waals surface area contributed by atoms with Crippen LogP contribution in [0, 0.1) is 0 Å². The van der Waals surface area contributed by atoms with E-state index < -0.39 is 0 Å². The molecule has 1 aliphatic heterocycles. The van der Waals surface area contributed by atoms with E-state index in [2.05, 4.69) is 20.4 Å². The second-order valence-electron chi connectivity index (χ2n) is 6.09. The molecule has 3 heterocycles. The number of benzene rings is 1. The Morgan fingerprint density at radius 3 is 2.80 bits per heavy atom. The van der Waals surface area contributed by atoms with Gasteiger partial charge >= 0.3 is 0 Å². The van der Waals surface area contributed by atoms with Gasteiger partial charge in [0, 0.05) is 19.6 Å². The summed E-state index contributed by atoms with van der Waals surface area (Å²) in [5.74, 6) is 1.82. The molecule has 0 unspecified atom stereocenters. The number of aromatic nitrogens is 2. The highest BCUT2D eigenvalue weighted by atomic mass is 16.5. The summed E-state index contributed by atoms with van der Waals surface area (Å²) in [6.45, 7) is 2.40. The third-order valence-corrected chi connectivity index (χ3v) is 4.19. The zero-order valence-electron chi connectivity index (χ0n) is 13.6. The van der Waals surface area contributed by atoms with E-state index in [0.717, 1.165) is 18.7 Å². The van der Waals surface area contributed by atoms with Crippen LogP contribution in [-0.2, 0) is 11.3 Å². The molecule has 128 valence electrons. The number of hydrogen-bond donors (Lipinski definition) is 1. The lowest BCUT2D eigenvalue weighted by molar-refractivity contribution is -0.123. The molecule has 2 aromatic heterocycles. The summed E-state index contributed by atoms with van der Waals surface area (Å²) < 4.78 is 10.6. The van der Waals surface area contributed by atoms with Gasteiger partial charge in [-0.2, -0.15) is 4.98 Å². The highest BCUT2D eigenvalue weighted by molar-refractivity contribution is 5.78. The average Bonchev–Trinajstić information content (AvgIpc) is 3.28. The third kappa shape index (κ3) is 3.61. The second kappa shape index (κ2) is 6.90. The van der Waals surface area contributed by atoms with E-state index in [1.54, 1.807) is 18.4 Å². The lowest BCUT2D eigenvalue weighted by atomic mass is 10.0. The fraction of sp³-hybridized carbons (Fsp3) is 0.278. The van der Waals surface area contributed by atoms with Crippen LogP contribution in [0.3, 0.4) is 0 Å². The zero-order valence-corrected chi connectivity index (χ0v) is 13.6. The molecular formula is C18H18N4O3. The van der Waals surface area contributed by atoms with Gasteiger partial charge in [-0.25, -0.2) is 0 Å². The summed E-state index contributed by atoms with van der Waals surface area (Å²) in [7, 11) is 0. The topological polar surface area (TPSA) is 84.4 Å². The molecule has 7 nitrogen and oxygen atoms in total. The van der Waals surface area contributed by atoms with Gasteiger partial charge in [0.25, 0.3) is 0 Å². The molecule has 1 saturated heterocycles. The van der Waals surface area contributed by atoms with Crippen LogP contribution in [0.15, 0.2) is 57.7 Å². The van der Waals surface area contributed by atoms with Gasteiger partial charge in [-0.3, -0.25) is 9.69 Å². The van der Waals surface area contributed by atoms with Gasteiger partial charge in [-0.1, -0.05) is 35.5 Å². The summed E-state index contributed by atoms with van der Waals surface area (Å²) in [6, 6.07) is 13.4. The Morgan fingerprint density at radius 1 is 1.20 bits per heavy atom. The van der Waals surface area contributed by atoms with Gasteiger partial charge in [0.15, 0.2) is 5.76 Å². The minimum absolute atomic E-state index is 0.0177. The number of amides is 1. The Balaban J connectivity index is 1.23. The molecule has 4 rings (SSSR count). The lowest BCUT2D eigenvalue weighted by Crippen LogP contribution is -2.49. The first-order valence-electron chi connectivity index (χ1n) is 8.18. The van der Waals surface area contributed by atoms with E-state index in [9.17, 15) is 4.79 Å². The minimum Gasteiger partial charge on any atom is -0.461 e. The largest absolute Gasteiger partial charge is 0.461 e. The van der Waals surface area contributed by atoms with E-state index in [0.29, 0.717) is 30.6 Å². The van der Waals surface area contributed by atoms with Crippen molar-refractivity contribution >= 4 is 5.91 Å². The smallest absolute Gasteiger partial charge is 0.238 e. The summed E-state index contributed by atoms with van der Waals surface area (Å²) >= 11 is 0. The number of carbonyl (C=O) groups excluding carboxylic acids is 1. The summed E-state index contributed by atoms with van der Waals surface area (Å²) in [6.07, 6.45) is 1.57. The first-order valence-corrected chi connectivity index (χ1v) is 8.18. The number of nitrogens with one attached hydrogen (secondary N) is 1. The number of carbonyl (C=O) groups is 1. The van der Waals surface area contributed by atoms with E-state index in [-0.39, 0.29) is 11.8 Å². The van der Waals surface area contributed by atoms with Crippen LogP contribution in [0.5, 0.6) is 0 Å². The van der Waals surface area contributed by atoms with Gasteiger partial charge in [-0.15, -0.1) is 0 Å². The number of nitrogens with zero attached hydrogens (tertiary/aromatic N) is 3. The van der Waals surface area contributed by atoms with Crippen molar-refractivity contribution in [3.8, 4) is 11.6 Å². The van der Waals surface area contributed by atoms with Crippen LogP contribution in [0.25, 0.3) is 11.6 Å². The van der Waals surface area contributed by atoms with Crippen LogP contribution < -0.4 is 5.32 Å². The lowest BCUT2D eigenvalue weighted by Gasteiger charge is -2.36. The standard InChI is InChI=1S/C18H18N4O3/c23-16(19-9-13-5-2-1-3-6-13)12-22-10-14(11-22)18-20-17(21-25-18)15-7-4-8-24-15/h1-8,14H,9-12H2,(H,19,23). The fourth-order valence-electron chi connectivity index (χ4n) is 2.82. The van der Waals surface area contributed by atoms with Crippen molar-refractivity contribution in [1.29, 1.82) is 0 Å². The number of rotatable bonds is 6. The van der Waals surface area contributed by atoms with E-state index in [4.69, 9.17) is 8.94 Å². The molecule has 3 aromatic rings. The first kappa shape index (κ1) is 15.6. The van der Waals surface area contributed by atoms with Crippen molar-refractivity contribution < 1.29 is 13.7 Å². The Labute approximate surface area is 144 Å². The molecule has 0 bridgehead atoms. The predicted octanol–water partition coefficient (Wildman–Crippen LogP) is 2.05. The highest BCUT2D eigenvalue weighted by Crippen LogP contribution is 2.27. The third-order valence-electron chi connectivity index (χ3n) is 4.19. The average molecular weight is 338 g/mol. The Morgan fingerprint density at radius 2 is 2.04 bits per heavy atom. The number of hydrogen-bond acceptors (Lipinski definition) is 6. The first-order chi connectivity index (χ1) is 12.3. The Hall–Kier alpha value is -2.93. The monoisotopic (exact) mass is 338 g/mol. The quantitative estimate of drug-likeness (QED) is 0.740. The van der Waals surface area contributed by atoms with Crippen LogP contribution in [-0.4, -0.2) is 40.6 Å². The molecule has 0 spiro atoms. The van der Waals surface area contributed by atoms with Gasteiger partial charge < -0.3 is 14.3 Å². The van der Waals surface area contributed by atoms with Crippen molar-refractivity contribution in [3.05, 3.63) is 60.2 Å². The zero-order chi connectivity index (χ0) is 17.1. The molecule has 1 N–H and O–H groups in total. The summed E-state index contributed by atoms with van der Waals surface area (Å²) in [5, 5.41) is 6.86. The van der Waals surface area contributed by atoms with E-state index >= 15 is 0 Å². The number of furan rings is 1. The molecule has 7 heteroatoms. The van der Waals surface area contributed by atoms with E-state index in [1.807, 2.05) is 30.3 Å². The molecule has 0 radical (unpaired) electrons. The van der Waals surface area contributed by atoms with E-state index in [1.165, 1.54) is 0 Å². The van der Waals surface area contributed by atoms with Crippen LogP contribution in [0.2, 0.25) is 0 Å². The predicted molar refractivity (Wildman–Crippen MR) is 89.5 cm³/mol. The maximum Gasteiger partial charge on any atom is 0.238 e. The van der Waals surface area contributed by atoms with Gasteiger partial charge in [-0.05, 0) is 17.7 Å². The molecule has 0 atom stereocenters. The van der Waals surface area contributed by atoms with Crippen LogP contribution in [0.4, 0.5) is 0 Å². The summed E-state index contributed by atoms with van der Waals surface area (Å²) in [5.41, 5.74) is 1.09. The molecule has 1 aliphatic rings. The second-order valence-corrected chi connectivity index (χ2v) is 6.09. The Bertz CT molecular complexity index is 823. The van der Waals surface area contributed by atoms with Crippen LogP contribution >= 0.6 is 0 Å². The van der Waals surface area contributed by atoms with Crippen molar-refractivity contribution in [2.24, 2.45) is 0 Å². The fourth-order valence-corrected chi connectivity index (χ4v) is 2.82. The van der Waals surface area contributed by atoms with Crippen molar-refractivity contribution in [2.75, 3.05) is 19.6 Å². The SMILES string of the molecule is O=C(CN1CC(c2nc(-c3ccco3)no2)C1)NCc1ccccc1. The molecule has 0 saturated carbocycles. The normalized spacial score (nSPS) is 15.0. The molecule has 25 heavy (non-hydrogen) atoms. The molecule has 1 amide bonds. The van der Waals surface area contributed by atoms with Crippen LogP contribution in [0.1, 0.15) is 17.4 Å².